The van der Waals surface area contributed by atoms with E-state index in [1.165, 1.54) is 43.8 Å². The highest BCUT2D eigenvalue weighted by Crippen LogP contribution is 2.55. The van der Waals surface area contributed by atoms with E-state index in [0.717, 1.165) is 22.2 Å². The number of hydrogen-bond acceptors (Lipinski definition) is 3. The molecule has 0 bridgehead atoms. The molecule has 9 rings (SSSR count). The van der Waals surface area contributed by atoms with Crippen LogP contribution in [-0.2, 0) is 5.41 Å². The zero-order chi connectivity index (χ0) is 29.4. The van der Waals surface area contributed by atoms with Crippen molar-refractivity contribution in [2.45, 2.75) is 19.3 Å². The third-order valence-corrected chi connectivity index (χ3v) is 9.25. The lowest BCUT2D eigenvalue weighted by atomic mass is 9.82. The second-order valence-corrected chi connectivity index (χ2v) is 12.1. The van der Waals surface area contributed by atoms with E-state index in [1.807, 2.05) is 36.4 Å². The monoisotopic (exact) mass is 564 g/mol. The number of nitrogens with zero attached hydrogens (tertiary/aromatic N) is 4. The maximum Gasteiger partial charge on any atom is 0.238 e. The van der Waals surface area contributed by atoms with Crippen molar-refractivity contribution in [2.75, 3.05) is 0 Å². The molecule has 0 N–H and O–H groups in total. The van der Waals surface area contributed by atoms with Gasteiger partial charge >= 0.3 is 0 Å². The number of aromatic nitrogens is 4. The Morgan fingerprint density at radius 3 is 1.75 bits per heavy atom. The average molecular weight is 565 g/mol. The molecule has 0 atom stereocenters. The summed E-state index contributed by atoms with van der Waals surface area (Å²) in [6.07, 6.45) is 0. The van der Waals surface area contributed by atoms with Crippen LogP contribution >= 0.6 is 0 Å². The van der Waals surface area contributed by atoms with Crippen molar-refractivity contribution >= 4 is 32.6 Å². The first kappa shape index (κ1) is 24.9. The van der Waals surface area contributed by atoms with Gasteiger partial charge in [-0.05, 0) is 45.2 Å². The zero-order valence-corrected chi connectivity index (χ0v) is 24.5. The lowest BCUT2D eigenvalue weighted by molar-refractivity contribution is 0.661. The molecule has 44 heavy (non-hydrogen) atoms. The minimum atomic E-state index is -0.125. The highest BCUT2D eigenvalue weighted by molar-refractivity contribution is 6.20. The first-order valence-corrected chi connectivity index (χ1v) is 15.1. The molecule has 0 saturated carbocycles. The van der Waals surface area contributed by atoms with E-state index >= 15 is 0 Å². The molecule has 1 aliphatic rings. The van der Waals surface area contributed by atoms with Crippen LogP contribution in [0, 0.1) is 0 Å². The van der Waals surface area contributed by atoms with E-state index in [4.69, 9.17) is 15.0 Å². The largest absolute Gasteiger partial charge is 0.278 e. The molecule has 0 amide bonds. The van der Waals surface area contributed by atoms with Crippen molar-refractivity contribution in [1.29, 1.82) is 0 Å². The summed E-state index contributed by atoms with van der Waals surface area (Å²) < 4.78 is 2.22. The summed E-state index contributed by atoms with van der Waals surface area (Å²) in [5, 5.41) is 4.98. The molecule has 2 aromatic heterocycles. The van der Waals surface area contributed by atoms with Gasteiger partial charge in [0, 0.05) is 27.3 Å². The molecule has 6 aromatic carbocycles. The van der Waals surface area contributed by atoms with E-state index in [0.29, 0.717) is 17.6 Å². The van der Waals surface area contributed by atoms with Gasteiger partial charge in [-0.25, -0.2) is 4.98 Å². The lowest BCUT2D eigenvalue weighted by Gasteiger charge is -2.21. The molecule has 208 valence electrons. The number of para-hydroxylation sites is 1. The van der Waals surface area contributed by atoms with Crippen LogP contribution in [0.5, 0.6) is 0 Å². The van der Waals surface area contributed by atoms with E-state index < -0.39 is 0 Å². The van der Waals surface area contributed by atoms with Gasteiger partial charge in [-0.2, -0.15) is 9.97 Å². The summed E-state index contributed by atoms with van der Waals surface area (Å²) in [7, 11) is 0. The van der Waals surface area contributed by atoms with Crippen LogP contribution in [0.4, 0.5) is 0 Å². The normalized spacial score (nSPS) is 13.4. The van der Waals surface area contributed by atoms with Gasteiger partial charge in [0.05, 0.1) is 11.0 Å². The fourth-order valence-electron chi connectivity index (χ4n) is 7.16. The van der Waals surface area contributed by atoms with E-state index in [1.54, 1.807) is 0 Å². The summed E-state index contributed by atoms with van der Waals surface area (Å²) in [5.74, 6) is 1.91. The van der Waals surface area contributed by atoms with Crippen molar-refractivity contribution in [1.82, 2.24) is 19.5 Å². The molecule has 0 saturated heterocycles. The number of rotatable bonds is 3. The summed E-state index contributed by atoms with van der Waals surface area (Å²) in [4.78, 5) is 15.2. The first-order valence-electron chi connectivity index (χ1n) is 15.1. The van der Waals surface area contributed by atoms with Gasteiger partial charge in [-0.15, -0.1) is 0 Å². The summed E-state index contributed by atoms with van der Waals surface area (Å²) >= 11 is 0. The van der Waals surface area contributed by atoms with Crippen LogP contribution in [-0.4, -0.2) is 19.5 Å². The predicted octanol–water partition coefficient (Wildman–Crippen LogP) is 9.76. The van der Waals surface area contributed by atoms with Gasteiger partial charge in [0.25, 0.3) is 0 Å². The van der Waals surface area contributed by atoms with Crippen LogP contribution in [0.15, 0.2) is 133 Å². The quantitative estimate of drug-likeness (QED) is 0.215. The number of fused-ring (bicyclic) bond motifs is 9. The van der Waals surface area contributed by atoms with Crippen LogP contribution in [0.1, 0.15) is 25.0 Å². The highest BCUT2D eigenvalue weighted by Gasteiger charge is 2.38. The maximum absolute atomic E-state index is 5.13. The highest BCUT2D eigenvalue weighted by atomic mass is 15.2. The smallest absolute Gasteiger partial charge is 0.238 e. The molecule has 4 nitrogen and oxygen atoms in total. The molecular weight excluding hydrogens is 536 g/mol. The molecular formula is C40H28N4. The minimum absolute atomic E-state index is 0.125. The van der Waals surface area contributed by atoms with Crippen LogP contribution < -0.4 is 0 Å². The molecule has 0 aliphatic heterocycles. The summed E-state index contributed by atoms with van der Waals surface area (Å²) in [6, 6.07) is 46.9. The zero-order valence-electron chi connectivity index (χ0n) is 24.5. The lowest BCUT2D eigenvalue weighted by Crippen LogP contribution is -2.14. The van der Waals surface area contributed by atoms with Crippen LogP contribution in [0.25, 0.3) is 72.4 Å². The van der Waals surface area contributed by atoms with Crippen molar-refractivity contribution in [3.8, 4) is 39.9 Å². The van der Waals surface area contributed by atoms with Gasteiger partial charge in [0.15, 0.2) is 11.6 Å². The molecule has 0 unspecified atom stereocenters. The second-order valence-electron chi connectivity index (χ2n) is 12.1. The molecule has 0 radical (unpaired) electrons. The molecule has 0 spiro atoms. The van der Waals surface area contributed by atoms with E-state index in [2.05, 4.69) is 115 Å². The Hall–Kier alpha value is -5.61. The topological polar surface area (TPSA) is 43.6 Å². The van der Waals surface area contributed by atoms with Gasteiger partial charge in [0.1, 0.15) is 0 Å². The van der Waals surface area contributed by atoms with Gasteiger partial charge in [0.2, 0.25) is 5.95 Å². The predicted molar refractivity (Wildman–Crippen MR) is 180 cm³/mol. The van der Waals surface area contributed by atoms with E-state index in [9.17, 15) is 0 Å². The Kier molecular flexibility index (Phi) is 5.21. The molecule has 8 aromatic rings. The Balaban J connectivity index is 1.41. The molecule has 4 heteroatoms. The third-order valence-electron chi connectivity index (χ3n) is 9.25. The summed E-state index contributed by atoms with van der Waals surface area (Å²) in [6.45, 7) is 4.70. The van der Waals surface area contributed by atoms with E-state index in [-0.39, 0.29) is 5.41 Å². The fraction of sp³-hybridized carbons (Fsp3) is 0.0750. The third kappa shape index (κ3) is 3.48. The summed E-state index contributed by atoms with van der Waals surface area (Å²) in [5.41, 5.74) is 9.32. The maximum atomic E-state index is 5.13. The van der Waals surface area contributed by atoms with Crippen LogP contribution in [0.3, 0.4) is 0 Å². The number of benzene rings is 6. The average Bonchev–Trinajstić information content (AvgIpc) is 3.54. The minimum Gasteiger partial charge on any atom is -0.278 e. The Morgan fingerprint density at radius 1 is 0.477 bits per heavy atom. The SMILES string of the molecule is CC1(C)c2ccc3ccccc3c2-c2c1ccc1c2c2ccccc2n1-c1nc(-c2ccccc2)nc(-c2ccccc2)n1. The fourth-order valence-corrected chi connectivity index (χ4v) is 7.16. The van der Waals surface area contributed by atoms with Crippen molar-refractivity contribution in [3.05, 3.63) is 145 Å². The number of hydrogen-bond donors (Lipinski definition) is 0. The van der Waals surface area contributed by atoms with Crippen molar-refractivity contribution in [2.24, 2.45) is 0 Å². The molecule has 2 heterocycles. The molecule has 0 fully saturated rings. The van der Waals surface area contributed by atoms with Crippen molar-refractivity contribution in [3.63, 3.8) is 0 Å². The Labute approximate surface area is 255 Å². The standard InChI is InChI=1S/C40H28N4/c1-40(2)30-22-21-25-13-9-10-18-28(25)34(30)36-31(40)23-24-33-35(36)29-19-11-12-20-32(29)44(33)39-42-37(26-14-5-3-6-15-26)41-38(43-39)27-16-7-4-8-17-27/h3-24H,1-2H3. The Bertz CT molecular complexity index is 2350. The Morgan fingerprint density at radius 2 is 1.05 bits per heavy atom. The second kappa shape index (κ2) is 9.19. The van der Waals surface area contributed by atoms with Crippen molar-refractivity contribution < 1.29 is 0 Å². The van der Waals surface area contributed by atoms with Crippen LogP contribution in [0.2, 0.25) is 0 Å². The first-order chi connectivity index (χ1) is 21.6. The van der Waals surface area contributed by atoms with Gasteiger partial charge < -0.3 is 0 Å². The van der Waals surface area contributed by atoms with Gasteiger partial charge in [-0.1, -0.05) is 135 Å². The molecule has 1 aliphatic carbocycles. The van der Waals surface area contributed by atoms with Gasteiger partial charge in [-0.3, -0.25) is 4.57 Å².